The molecule has 1 amide bonds. The molecule has 0 spiro atoms. The van der Waals surface area contributed by atoms with E-state index in [1.165, 1.54) is 25.1 Å². The number of nitro groups is 1. The van der Waals surface area contributed by atoms with Gasteiger partial charge in [-0.3, -0.25) is 19.7 Å². The number of nitrogens with zero attached hydrogens (tertiary/aromatic N) is 2. The Balaban J connectivity index is 2.09. The summed E-state index contributed by atoms with van der Waals surface area (Å²) >= 11 is 5.92. The summed E-state index contributed by atoms with van der Waals surface area (Å²) in [4.78, 5) is 33.4. The third kappa shape index (κ3) is 4.33. The molecule has 0 saturated heterocycles. The second-order valence-electron chi connectivity index (χ2n) is 4.79. The molecule has 8 heteroatoms. The van der Waals surface area contributed by atoms with E-state index >= 15 is 0 Å². The normalized spacial score (nSPS) is 10.2. The van der Waals surface area contributed by atoms with Gasteiger partial charge in [-0.15, -0.1) is 0 Å². The quantitative estimate of drug-likeness (QED) is 0.393. The molecular formula is C15H13ClN3O4+. The van der Waals surface area contributed by atoms with Crippen LogP contribution in [0.5, 0.6) is 0 Å². The number of Topliss-reactive ketones (excluding diaryl/α,β-unsaturated/α-hetero) is 1. The zero-order valence-corrected chi connectivity index (χ0v) is 12.9. The average molecular weight is 335 g/mol. The number of non-ortho nitro benzene ring substituents is 1. The van der Waals surface area contributed by atoms with Crippen molar-refractivity contribution in [3.8, 4) is 0 Å². The van der Waals surface area contributed by atoms with Crippen molar-refractivity contribution in [2.75, 3.05) is 5.32 Å². The molecule has 0 aliphatic rings. The number of anilines is 1. The summed E-state index contributed by atoms with van der Waals surface area (Å²) in [5.41, 5.74) is 0.621. The fourth-order valence-corrected chi connectivity index (χ4v) is 2.13. The molecule has 2 rings (SSSR count). The highest BCUT2D eigenvalue weighted by Gasteiger charge is 2.15. The molecule has 118 valence electrons. The number of carbonyl (C=O) groups excluding carboxylic acids is 2. The molecule has 1 aromatic carbocycles. The van der Waals surface area contributed by atoms with Gasteiger partial charge in [-0.25, -0.2) is 0 Å². The molecule has 0 saturated carbocycles. The first-order valence-electron chi connectivity index (χ1n) is 6.60. The zero-order chi connectivity index (χ0) is 17.0. The van der Waals surface area contributed by atoms with E-state index in [2.05, 4.69) is 5.32 Å². The molecule has 0 aliphatic carbocycles. The molecule has 23 heavy (non-hydrogen) atoms. The van der Waals surface area contributed by atoms with Crippen molar-refractivity contribution in [3.05, 3.63) is 63.4 Å². The van der Waals surface area contributed by atoms with E-state index in [0.717, 1.165) is 0 Å². The monoisotopic (exact) mass is 334 g/mol. The molecule has 1 aromatic heterocycles. The van der Waals surface area contributed by atoms with E-state index in [4.69, 9.17) is 11.6 Å². The summed E-state index contributed by atoms with van der Waals surface area (Å²) in [5.74, 6) is -0.468. The molecule has 0 aliphatic heterocycles. The van der Waals surface area contributed by atoms with E-state index in [-0.39, 0.29) is 34.6 Å². The zero-order valence-electron chi connectivity index (χ0n) is 12.2. The molecule has 1 heterocycles. The highest BCUT2D eigenvalue weighted by Crippen LogP contribution is 2.26. The molecule has 0 bridgehead atoms. The molecule has 1 N–H and O–H groups in total. The van der Waals surface area contributed by atoms with Gasteiger partial charge in [0, 0.05) is 18.2 Å². The highest BCUT2D eigenvalue weighted by molar-refractivity contribution is 6.33. The second-order valence-corrected chi connectivity index (χ2v) is 5.20. The molecular weight excluding hydrogens is 322 g/mol. The van der Waals surface area contributed by atoms with Crippen LogP contribution in [0, 0.1) is 10.1 Å². The lowest BCUT2D eigenvalue weighted by Gasteiger charge is -2.05. The van der Waals surface area contributed by atoms with Crippen LogP contribution in [0.2, 0.25) is 5.02 Å². The van der Waals surface area contributed by atoms with Crippen LogP contribution in [0.1, 0.15) is 17.3 Å². The van der Waals surface area contributed by atoms with Gasteiger partial charge in [-0.05, 0) is 19.1 Å². The minimum Gasteiger partial charge on any atom is -0.319 e. The Morgan fingerprint density at radius 2 is 2.09 bits per heavy atom. The Morgan fingerprint density at radius 1 is 1.35 bits per heavy atom. The summed E-state index contributed by atoms with van der Waals surface area (Å²) in [5, 5.41) is 13.3. The lowest BCUT2D eigenvalue weighted by atomic mass is 10.2. The number of hydrogen-bond donors (Lipinski definition) is 1. The van der Waals surface area contributed by atoms with Gasteiger partial charge in [0.15, 0.2) is 18.2 Å². The van der Waals surface area contributed by atoms with Crippen molar-refractivity contribution in [1.29, 1.82) is 0 Å². The number of nitro benzene ring substituents is 1. The maximum Gasteiger partial charge on any atom is 0.290 e. The molecule has 0 atom stereocenters. The number of halogens is 1. The Hall–Kier alpha value is -2.80. The maximum absolute atomic E-state index is 12.0. The number of pyridine rings is 1. The Morgan fingerprint density at radius 3 is 2.70 bits per heavy atom. The van der Waals surface area contributed by atoms with Gasteiger partial charge in [0.25, 0.3) is 11.6 Å². The number of ketones is 1. The lowest BCUT2D eigenvalue weighted by Crippen LogP contribution is -2.40. The van der Waals surface area contributed by atoms with Crippen LogP contribution in [0.3, 0.4) is 0 Å². The van der Waals surface area contributed by atoms with Crippen LogP contribution in [-0.4, -0.2) is 16.6 Å². The van der Waals surface area contributed by atoms with Crippen molar-refractivity contribution in [1.82, 2.24) is 0 Å². The summed E-state index contributed by atoms with van der Waals surface area (Å²) in [7, 11) is 0. The van der Waals surface area contributed by atoms with Crippen LogP contribution in [0.25, 0.3) is 0 Å². The number of benzene rings is 1. The third-order valence-corrected chi connectivity index (χ3v) is 3.34. The van der Waals surface area contributed by atoms with Crippen molar-refractivity contribution >= 4 is 34.7 Å². The van der Waals surface area contributed by atoms with Gasteiger partial charge in [-0.1, -0.05) is 11.6 Å². The average Bonchev–Trinajstić information content (AvgIpc) is 2.49. The fourth-order valence-electron chi connectivity index (χ4n) is 1.90. The number of amides is 1. The largest absolute Gasteiger partial charge is 0.319 e. The van der Waals surface area contributed by atoms with Crippen molar-refractivity contribution < 1.29 is 19.1 Å². The van der Waals surface area contributed by atoms with Gasteiger partial charge < -0.3 is 5.32 Å². The van der Waals surface area contributed by atoms with Crippen molar-refractivity contribution in [2.45, 2.75) is 13.5 Å². The van der Waals surface area contributed by atoms with Gasteiger partial charge in [0.05, 0.1) is 21.2 Å². The van der Waals surface area contributed by atoms with Crippen LogP contribution in [-0.2, 0) is 11.3 Å². The van der Waals surface area contributed by atoms with Crippen LogP contribution in [0.4, 0.5) is 11.4 Å². The van der Waals surface area contributed by atoms with Gasteiger partial charge in [0.1, 0.15) is 0 Å². The summed E-state index contributed by atoms with van der Waals surface area (Å²) in [6.45, 7) is 1.42. The summed E-state index contributed by atoms with van der Waals surface area (Å²) < 4.78 is 1.56. The molecule has 0 radical (unpaired) electrons. The predicted octanol–water partition coefficient (Wildman–Crippen LogP) is 2.38. The van der Waals surface area contributed by atoms with Gasteiger partial charge >= 0.3 is 0 Å². The number of hydrogen-bond acceptors (Lipinski definition) is 4. The van der Waals surface area contributed by atoms with Crippen LogP contribution in [0.15, 0.2) is 42.7 Å². The Labute approximate surface area is 136 Å². The van der Waals surface area contributed by atoms with Crippen LogP contribution < -0.4 is 9.88 Å². The fraction of sp³-hybridized carbons (Fsp3) is 0.133. The highest BCUT2D eigenvalue weighted by atomic mass is 35.5. The standard InChI is InChI=1S/C15H12ClN3O4/c1-10(20)11-3-2-6-18(8-11)9-15(21)17-14-5-4-12(19(22)23)7-13(14)16/h2-8H,9H2,1H3/p+1. The lowest BCUT2D eigenvalue weighted by molar-refractivity contribution is -0.684. The molecule has 0 fully saturated rings. The topological polar surface area (TPSA) is 93.2 Å². The summed E-state index contributed by atoms with van der Waals surface area (Å²) in [6.07, 6.45) is 3.23. The molecule has 2 aromatic rings. The Kier molecular flexibility index (Phi) is 5.02. The first-order chi connectivity index (χ1) is 10.9. The number of carbonyl (C=O) groups is 2. The maximum atomic E-state index is 12.0. The minimum absolute atomic E-state index is 0.0194. The smallest absolute Gasteiger partial charge is 0.290 e. The third-order valence-electron chi connectivity index (χ3n) is 3.03. The first-order valence-corrected chi connectivity index (χ1v) is 6.98. The second kappa shape index (κ2) is 6.97. The van der Waals surface area contributed by atoms with E-state index in [1.54, 1.807) is 29.1 Å². The molecule has 7 nitrogen and oxygen atoms in total. The first kappa shape index (κ1) is 16.6. The van der Waals surface area contributed by atoms with Gasteiger partial charge in [-0.2, -0.15) is 4.57 Å². The van der Waals surface area contributed by atoms with E-state index in [1.807, 2.05) is 0 Å². The number of nitrogens with one attached hydrogen (secondary N) is 1. The van der Waals surface area contributed by atoms with E-state index < -0.39 is 4.92 Å². The summed E-state index contributed by atoms with van der Waals surface area (Å²) in [6, 6.07) is 7.12. The van der Waals surface area contributed by atoms with Crippen LogP contribution >= 0.6 is 11.6 Å². The Bertz CT molecular complexity index is 792. The minimum atomic E-state index is -0.569. The number of aromatic nitrogens is 1. The van der Waals surface area contributed by atoms with E-state index in [9.17, 15) is 19.7 Å². The molecule has 0 unspecified atom stereocenters. The van der Waals surface area contributed by atoms with Gasteiger partial charge in [0.2, 0.25) is 6.54 Å². The van der Waals surface area contributed by atoms with Crippen molar-refractivity contribution in [3.63, 3.8) is 0 Å². The SMILES string of the molecule is CC(=O)c1ccc[n+](CC(=O)Nc2ccc([N+](=O)[O-])cc2Cl)c1. The van der Waals surface area contributed by atoms with E-state index in [0.29, 0.717) is 5.56 Å². The number of rotatable bonds is 5. The van der Waals surface area contributed by atoms with Crippen molar-refractivity contribution in [2.24, 2.45) is 0 Å². The predicted molar refractivity (Wildman–Crippen MR) is 83.4 cm³/mol.